The minimum absolute atomic E-state index is 0.0323. The first kappa shape index (κ1) is 9.01. The summed E-state index contributed by atoms with van der Waals surface area (Å²) in [5.41, 5.74) is -0.0323. The maximum atomic E-state index is 9.81. The fourth-order valence-corrected chi connectivity index (χ4v) is 0.296. The Kier molecular flexibility index (Phi) is 2.93. The summed E-state index contributed by atoms with van der Waals surface area (Å²) in [5, 5.41) is 8.04. The van der Waals surface area contributed by atoms with Gasteiger partial charge in [-0.1, -0.05) is 20.8 Å². The van der Waals surface area contributed by atoms with Crippen molar-refractivity contribution in [2.45, 2.75) is 20.8 Å². The molecule has 0 aliphatic carbocycles. The van der Waals surface area contributed by atoms with Crippen LogP contribution in [0.3, 0.4) is 0 Å². The molecule has 0 unspecified atom stereocenters. The molecule has 0 amide bonds. The van der Waals surface area contributed by atoms with Crippen LogP contribution in [0.15, 0.2) is 12.3 Å². The predicted molar refractivity (Wildman–Crippen MR) is 37.7 cm³/mol. The minimum Gasteiger partial charge on any atom is -0.449 e. The zero-order valence-corrected chi connectivity index (χ0v) is 6.42. The average molecular weight is 144 g/mol. The zero-order chi connectivity index (χ0) is 8.20. The van der Waals surface area contributed by atoms with Crippen molar-refractivity contribution in [2.75, 3.05) is 0 Å². The molecule has 0 saturated carbocycles. The van der Waals surface area contributed by atoms with E-state index in [4.69, 9.17) is 5.11 Å². The molecule has 0 atom stereocenters. The van der Waals surface area contributed by atoms with Crippen LogP contribution in [0.25, 0.3) is 0 Å². The first-order chi connectivity index (χ1) is 4.42. The van der Waals surface area contributed by atoms with E-state index >= 15 is 0 Å². The van der Waals surface area contributed by atoms with Gasteiger partial charge in [0, 0.05) is 0 Å². The van der Waals surface area contributed by atoms with Gasteiger partial charge in [0.15, 0.2) is 0 Å². The van der Waals surface area contributed by atoms with E-state index in [0.717, 1.165) is 0 Å². The molecule has 0 aromatic heterocycles. The number of hydrogen-bond acceptors (Lipinski definition) is 2. The lowest BCUT2D eigenvalue weighted by molar-refractivity contribution is 0.127. The summed E-state index contributed by atoms with van der Waals surface area (Å²) in [6.07, 6.45) is 1.59. The topological polar surface area (TPSA) is 46.5 Å². The molecule has 3 nitrogen and oxygen atoms in total. The summed E-state index contributed by atoms with van der Waals surface area (Å²) in [5.74, 6) is 0. The van der Waals surface area contributed by atoms with Gasteiger partial charge in [0.2, 0.25) is 0 Å². The molecule has 0 radical (unpaired) electrons. The first-order valence-electron chi connectivity index (χ1n) is 2.99. The van der Waals surface area contributed by atoms with E-state index < -0.39 is 6.16 Å². The molecule has 1 N–H and O–H groups in total. The SMILES string of the molecule is CC(C)(C)C=COC(=O)O. The molecule has 58 valence electrons. The molecule has 0 aromatic rings. The molecular weight excluding hydrogens is 132 g/mol. The molecular formula is C7H12O3. The van der Waals surface area contributed by atoms with E-state index in [2.05, 4.69) is 4.74 Å². The third kappa shape index (κ3) is 7.01. The second-order valence-corrected chi connectivity index (χ2v) is 3.05. The minimum atomic E-state index is -1.28. The predicted octanol–water partition coefficient (Wildman–Crippen LogP) is 2.24. The number of carbonyl (C=O) groups is 1. The third-order valence-electron chi connectivity index (χ3n) is 0.737. The van der Waals surface area contributed by atoms with E-state index in [1.54, 1.807) is 6.08 Å². The van der Waals surface area contributed by atoms with Crippen molar-refractivity contribution in [3.05, 3.63) is 12.3 Å². The number of carboxylic acid groups (broad SMARTS) is 1. The van der Waals surface area contributed by atoms with Crippen molar-refractivity contribution >= 4 is 6.16 Å². The lowest BCUT2D eigenvalue weighted by Gasteiger charge is -2.09. The standard InChI is InChI=1S/C7H12O3/c1-7(2,3)4-5-10-6(8)9/h4-5H,1-3H3,(H,8,9). The molecule has 3 heteroatoms. The Hall–Kier alpha value is -0.990. The highest BCUT2D eigenvalue weighted by atomic mass is 16.7. The monoisotopic (exact) mass is 144 g/mol. The van der Waals surface area contributed by atoms with Crippen molar-refractivity contribution < 1.29 is 14.6 Å². The molecule has 0 rings (SSSR count). The summed E-state index contributed by atoms with van der Waals surface area (Å²) in [7, 11) is 0. The zero-order valence-electron chi connectivity index (χ0n) is 6.42. The van der Waals surface area contributed by atoms with E-state index in [1.807, 2.05) is 20.8 Å². The quantitative estimate of drug-likeness (QED) is 0.453. The number of allylic oxidation sites excluding steroid dienone is 1. The molecule has 0 aliphatic rings. The van der Waals surface area contributed by atoms with Gasteiger partial charge in [0.25, 0.3) is 0 Å². The fraction of sp³-hybridized carbons (Fsp3) is 0.571. The van der Waals surface area contributed by atoms with Gasteiger partial charge < -0.3 is 9.84 Å². The van der Waals surface area contributed by atoms with Crippen LogP contribution in [0.4, 0.5) is 4.79 Å². The second kappa shape index (κ2) is 3.25. The Morgan fingerprint density at radius 1 is 1.50 bits per heavy atom. The highest BCUT2D eigenvalue weighted by molar-refractivity contribution is 5.57. The Morgan fingerprint density at radius 2 is 2.00 bits per heavy atom. The normalized spacial score (nSPS) is 11.9. The Labute approximate surface area is 60.3 Å². The van der Waals surface area contributed by atoms with Crippen LogP contribution < -0.4 is 0 Å². The van der Waals surface area contributed by atoms with Gasteiger partial charge in [0.05, 0.1) is 6.26 Å². The molecule has 0 aromatic carbocycles. The molecule has 0 spiro atoms. The second-order valence-electron chi connectivity index (χ2n) is 3.05. The van der Waals surface area contributed by atoms with Crippen LogP contribution in [0.1, 0.15) is 20.8 Å². The van der Waals surface area contributed by atoms with Crippen LogP contribution in [0.2, 0.25) is 0 Å². The van der Waals surface area contributed by atoms with Crippen LogP contribution in [-0.2, 0) is 4.74 Å². The summed E-state index contributed by atoms with van der Waals surface area (Å²) in [6.45, 7) is 5.86. The van der Waals surface area contributed by atoms with Gasteiger partial charge >= 0.3 is 6.16 Å². The van der Waals surface area contributed by atoms with Crippen LogP contribution in [-0.4, -0.2) is 11.3 Å². The lowest BCUT2D eigenvalue weighted by Crippen LogP contribution is -2.00. The molecule has 0 fully saturated rings. The highest BCUT2D eigenvalue weighted by Crippen LogP contribution is 2.13. The Bertz CT molecular complexity index is 141. The first-order valence-corrected chi connectivity index (χ1v) is 2.99. The summed E-state index contributed by atoms with van der Waals surface area (Å²) >= 11 is 0. The van der Waals surface area contributed by atoms with Crippen LogP contribution >= 0.6 is 0 Å². The van der Waals surface area contributed by atoms with E-state index in [9.17, 15) is 4.79 Å². The van der Waals surface area contributed by atoms with E-state index in [1.165, 1.54) is 6.26 Å². The molecule has 10 heavy (non-hydrogen) atoms. The molecule has 0 aliphatic heterocycles. The van der Waals surface area contributed by atoms with Crippen molar-refractivity contribution in [1.82, 2.24) is 0 Å². The summed E-state index contributed by atoms with van der Waals surface area (Å²) in [6, 6.07) is 0. The van der Waals surface area contributed by atoms with Crippen molar-refractivity contribution in [2.24, 2.45) is 5.41 Å². The Morgan fingerprint density at radius 3 is 2.30 bits per heavy atom. The van der Waals surface area contributed by atoms with Crippen molar-refractivity contribution in [3.63, 3.8) is 0 Å². The molecule has 0 bridgehead atoms. The summed E-state index contributed by atoms with van der Waals surface area (Å²) in [4.78, 5) is 9.81. The third-order valence-corrected chi connectivity index (χ3v) is 0.737. The van der Waals surface area contributed by atoms with Gasteiger partial charge in [0.1, 0.15) is 0 Å². The Balaban J connectivity index is 3.67. The maximum Gasteiger partial charge on any atom is 0.510 e. The van der Waals surface area contributed by atoms with E-state index in [-0.39, 0.29) is 5.41 Å². The number of hydrogen-bond donors (Lipinski definition) is 1. The summed E-state index contributed by atoms with van der Waals surface area (Å²) < 4.78 is 4.15. The smallest absolute Gasteiger partial charge is 0.449 e. The fourth-order valence-electron chi connectivity index (χ4n) is 0.296. The van der Waals surface area contributed by atoms with Crippen LogP contribution in [0, 0.1) is 5.41 Å². The van der Waals surface area contributed by atoms with Crippen LogP contribution in [0.5, 0.6) is 0 Å². The van der Waals surface area contributed by atoms with Crippen molar-refractivity contribution in [3.8, 4) is 0 Å². The number of ether oxygens (including phenoxy) is 1. The largest absolute Gasteiger partial charge is 0.510 e. The van der Waals surface area contributed by atoms with Crippen molar-refractivity contribution in [1.29, 1.82) is 0 Å². The molecule has 0 saturated heterocycles. The van der Waals surface area contributed by atoms with Gasteiger partial charge in [-0.3, -0.25) is 0 Å². The molecule has 0 heterocycles. The number of rotatable bonds is 1. The van der Waals surface area contributed by atoms with Gasteiger partial charge in [-0.2, -0.15) is 0 Å². The van der Waals surface area contributed by atoms with Gasteiger partial charge in [-0.15, -0.1) is 0 Å². The van der Waals surface area contributed by atoms with Gasteiger partial charge in [-0.05, 0) is 11.5 Å². The lowest BCUT2D eigenvalue weighted by atomic mass is 9.97. The van der Waals surface area contributed by atoms with Gasteiger partial charge in [-0.25, -0.2) is 4.79 Å². The average Bonchev–Trinajstić information content (AvgIpc) is 1.59. The maximum absolute atomic E-state index is 9.81. The highest BCUT2D eigenvalue weighted by Gasteiger charge is 2.03. The van der Waals surface area contributed by atoms with E-state index in [0.29, 0.717) is 0 Å².